The Balaban J connectivity index is 2.13. The summed E-state index contributed by atoms with van der Waals surface area (Å²) < 4.78 is 10.3. The van der Waals surface area contributed by atoms with Crippen LogP contribution in [0, 0.1) is 13.8 Å². The smallest absolute Gasteiger partial charge is 0.252 e. The molecule has 6 heteroatoms. The number of aromatic nitrogens is 3. The summed E-state index contributed by atoms with van der Waals surface area (Å²) in [5, 5.41) is 3.92. The first-order chi connectivity index (χ1) is 8.69. The van der Waals surface area contributed by atoms with Crippen LogP contribution in [0.25, 0.3) is 11.4 Å². The number of hydrogen-bond donors (Lipinski definition) is 1. The van der Waals surface area contributed by atoms with Gasteiger partial charge in [-0.1, -0.05) is 5.16 Å². The van der Waals surface area contributed by atoms with Crippen LogP contribution in [-0.4, -0.2) is 28.3 Å². The monoisotopic (exact) mass is 248 g/mol. The van der Waals surface area contributed by atoms with Gasteiger partial charge in [0.15, 0.2) is 0 Å². The van der Waals surface area contributed by atoms with Crippen molar-refractivity contribution in [1.29, 1.82) is 0 Å². The average Bonchev–Trinajstić information content (AvgIpc) is 2.77. The van der Waals surface area contributed by atoms with Crippen LogP contribution in [0.2, 0.25) is 0 Å². The molecule has 0 aliphatic heterocycles. The van der Waals surface area contributed by atoms with Gasteiger partial charge < -0.3 is 15.0 Å². The molecule has 0 unspecified atom stereocenters. The van der Waals surface area contributed by atoms with E-state index in [4.69, 9.17) is 15.0 Å². The van der Waals surface area contributed by atoms with Crippen molar-refractivity contribution in [3.63, 3.8) is 0 Å². The molecule has 0 aliphatic carbocycles. The topological polar surface area (TPSA) is 87.1 Å². The lowest BCUT2D eigenvalue weighted by Crippen LogP contribution is -2.08. The summed E-state index contributed by atoms with van der Waals surface area (Å²) in [4.78, 5) is 8.57. The second-order valence-corrected chi connectivity index (χ2v) is 3.99. The zero-order chi connectivity index (χ0) is 13.0. The Kier molecular flexibility index (Phi) is 4.01. The molecule has 0 bridgehead atoms. The number of nitrogens with two attached hydrogens (primary N) is 1. The molecule has 0 aliphatic rings. The molecule has 96 valence electrons. The van der Waals surface area contributed by atoms with Crippen molar-refractivity contribution >= 4 is 0 Å². The number of aryl methyl sites for hydroxylation is 2. The van der Waals surface area contributed by atoms with Gasteiger partial charge in [-0.3, -0.25) is 4.98 Å². The maximum Gasteiger partial charge on any atom is 0.252 e. The standard InChI is InChI=1S/C12H16N4O2/c1-8-5-10(6-9(2)14-8)12-15-11(18-16-12)7-17-4-3-13/h5-6H,3-4,7,13H2,1-2H3. The van der Waals surface area contributed by atoms with Gasteiger partial charge in [-0.05, 0) is 26.0 Å². The van der Waals surface area contributed by atoms with E-state index in [1.54, 1.807) is 0 Å². The van der Waals surface area contributed by atoms with Crippen molar-refractivity contribution in [2.75, 3.05) is 13.2 Å². The third kappa shape index (κ3) is 3.12. The van der Waals surface area contributed by atoms with E-state index in [0.29, 0.717) is 24.9 Å². The van der Waals surface area contributed by atoms with Crippen LogP contribution in [0.4, 0.5) is 0 Å². The maximum absolute atomic E-state index is 5.32. The first kappa shape index (κ1) is 12.7. The van der Waals surface area contributed by atoms with E-state index >= 15 is 0 Å². The van der Waals surface area contributed by atoms with Crippen molar-refractivity contribution < 1.29 is 9.26 Å². The summed E-state index contributed by atoms with van der Waals surface area (Å²) in [6.45, 7) is 5.10. The molecule has 2 aromatic heterocycles. The quantitative estimate of drug-likeness (QED) is 0.800. The number of ether oxygens (including phenoxy) is 1. The number of rotatable bonds is 5. The average molecular weight is 248 g/mol. The van der Waals surface area contributed by atoms with Crippen molar-refractivity contribution in [2.24, 2.45) is 5.73 Å². The Labute approximate surface area is 105 Å². The summed E-state index contributed by atoms with van der Waals surface area (Å²) >= 11 is 0. The summed E-state index contributed by atoms with van der Waals surface area (Å²) in [6, 6.07) is 3.84. The molecule has 0 atom stereocenters. The lowest BCUT2D eigenvalue weighted by atomic mass is 10.2. The summed E-state index contributed by atoms with van der Waals surface area (Å²) in [5.41, 5.74) is 8.07. The van der Waals surface area contributed by atoms with E-state index in [1.165, 1.54) is 0 Å². The van der Waals surface area contributed by atoms with E-state index in [2.05, 4.69) is 15.1 Å². The molecule has 2 N–H and O–H groups in total. The number of hydrogen-bond acceptors (Lipinski definition) is 6. The predicted molar refractivity (Wildman–Crippen MR) is 65.7 cm³/mol. The molecule has 0 spiro atoms. The predicted octanol–water partition coefficient (Wildman–Crippen LogP) is 1.22. The molecule has 2 rings (SSSR count). The minimum absolute atomic E-state index is 0.285. The SMILES string of the molecule is Cc1cc(-c2noc(COCCN)n2)cc(C)n1. The maximum atomic E-state index is 5.32. The van der Waals surface area contributed by atoms with Crippen LogP contribution in [0.1, 0.15) is 17.3 Å². The Morgan fingerprint density at radius 3 is 2.61 bits per heavy atom. The van der Waals surface area contributed by atoms with Gasteiger partial charge in [0.05, 0.1) is 6.61 Å². The molecule has 2 aromatic rings. The first-order valence-corrected chi connectivity index (χ1v) is 5.75. The molecule has 0 amide bonds. The van der Waals surface area contributed by atoms with Crippen molar-refractivity contribution in [1.82, 2.24) is 15.1 Å². The minimum atomic E-state index is 0.285. The molecule has 0 saturated heterocycles. The Morgan fingerprint density at radius 1 is 1.22 bits per heavy atom. The van der Waals surface area contributed by atoms with Gasteiger partial charge in [0.25, 0.3) is 5.89 Å². The van der Waals surface area contributed by atoms with Gasteiger partial charge in [0, 0.05) is 23.5 Å². The second-order valence-electron chi connectivity index (χ2n) is 3.99. The first-order valence-electron chi connectivity index (χ1n) is 5.75. The van der Waals surface area contributed by atoms with E-state index in [9.17, 15) is 0 Å². The second kappa shape index (κ2) is 5.70. The molecule has 0 saturated carbocycles. The molecule has 2 heterocycles. The third-order valence-electron chi connectivity index (χ3n) is 2.30. The summed E-state index contributed by atoms with van der Waals surface area (Å²) in [6.07, 6.45) is 0. The van der Waals surface area contributed by atoms with E-state index in [-0.39, 0.29) is 6.61 Å². The van der Waals surface area contributed by atoms with Crippen molar-refractivity contribution in [2.45, 2.75) is 20.5 Å². The highest BCUT2D eigenvalue weighted by atomic mass is 16.5. The molecular weight excluding hydrogens is 232 g/mol. The summed E-state index contributed by atoms with van der Waals surface area (Å²) in [7, 11) is 0. The van der Waals surface area contributed by atoms with Crippen molar-refractivity contribution in [3.8, 4) is 11.4 Å². The molecule has 0 aromatic carbocycles. The van der Waals surface area contributed by atoms with Crippen molar-refractivity contribution in [3.05, 3.63) is 29.4 Å². The minimum Gasteiger partial charge on any atom is -0.370 e. The van der Waals surface area contributed by atoms with Gasteiger partial charge in [-0.2, -0.15) is 4.98 Å². The highest BCUT2D eigenvalue weighted by molar-refractivity contribution is 5.55. The molecule has 18 heavy (non-hydrogen) atoms. The van der Waals surface area contributed by atoms with Crippen LogP contribution < -0.4 is 5.73 Å². The molecule has 0 radical (unpaired) electrons. The van der Waals surface area contributed by atoms with Gasteiger partial charge in [-0.25, -0.2) is 0 Å². The molecule has 0 fully saturated rings. The number of pyridine rings is 1. The highest BCUT2D eigenvalue weighted by Gasteiger charge is 2.09. The van der Waals surface area contributed by atoms with E-state index < -0.39 is 0 Å². The molecule has 6 nitrogen and oxygen atoms in total. The fourth-order valence-electron chi connectivity index (χ4n) is 1.64. The third-order valence-corrected chi connectivity index (χ3v) is 2.30. The normalized spacial score (nSPS) is 10.8. The van der Waals surface area contributed by atoms with Crippen LogP contribution >= 0.6 is 0 Å². The van der Waals surface area contributed by atoms with Gasteiger partial charge in [0.2, 0.25) is 5.82 Å². The lowest BCUT2D eigenvalue weighted by molar-refractivity contribution is 0.104. The zero-order valence-corrected chi connectivity index (χ0v) is 10.5. The van der Waals surface area contributed by atoms with Gasteiger partial charge in [-0.15, -0.1) is 0 Å². The zero-order valence-electron chi connectivity index (χ0n) is 10.5. The van der Waals surface area contributed by atoms with E-state index in [1.807, 2.05) is 26.0 Å². The summed E-state index contributed by atoms with van der Waals surface area (Å²) in [5.74, 6) is 1.00. The van der Waals surface area contributed by atoms with Crippen LogP contribution in [0.5, 0.6) is 0 Å². The Bertz CT molecular complexity index is 504. The highest BCUT2D eigenvalue weighted by Crippen LogP contribution is 2.17. The largest absolute Gasteiger partial charge is 0.370 e. The Morgan fingerprint density at radius 2 is 1.94 bits per heavy atom. The van der Waals surface area contributed by atoms with Crippen LogP contribution in [-0.2, 0) is 11.3 Å². The number of nitrogens with zero attached hydrogens (tertiary/aromatic N) is 3. The fourth-order valence-corrected chi connectivity index (χ4v) is 1.64. The lowest BCUT2D eigenvalue weighted by Gasteiger charge is -1.99. The van der Waals surface area contributed by atoms with E-state index in [0.717, 1.165) is 17.0 Å². The fraction of sp³-hybridized carbons (Fsp3) is 0.417. The van der Waals surface area contributed by atoms with Gasteiger partial charge in [0.1, 0.15) is 6.61 Å². The molecular formula is C12H16N4O2. The van der Waals surface area contributed by atoms with Gasteiger partial charge >= 0.3 is 0 Å². The van der Waals surface area contributed by atoms with Crippen LogP contribution in [0.3, 0.4) is 0 Å². The Hall–Kier alpha value is -1.79. The van der Waals surface area contributed by atoms with Crippen LogP contribution in [0.15, 0.2) is 16.7 Å².